The fraction of sp³-hybridized carbons (Fsp3) is 0.200. The molecule has 1 atom stereocenters. The number of likely N-dealkylation sites (tertiary alicyclic amines) is 1. The number of piperidine rings is 1. The SMILES string of the molecule is Nc1nccc(-c2ccc3c(c2)ncn3-c2cc(-c3ccccc3CO)nc(NCCC3CCCN(C(=O)Nc4cccc5ccccc45)C3)n2)n1. The first-order valence-corrected chi connectivity index (χ1v) is 17.4. The van der Waals surface area contributed by atoms with Crippen molar-refractivity contribution in [3.05, 3.63) is 115 Å². The zero-order valence-corrected chi connectivity index (χ0v) is 28.5. The van der Waals surface area contributed by atoms with Gasteiger partial charge in [0.05, 0.1) is 34.7 Å². The molecule has 0 spiro atoms. The summed E-state index contributed by atoms with van der Waals surface area (Å²) in [5.74, 6) is 1.64. The molecule has 260 valence electrons. The van der Waals surface area contributed by atoms with Crippen LogP contribution in [-0.4, -0.2) is 65.2 Å². The van der Waals surface area contributed by atoms with E-state index in [1.165, 1.54) is 0 Å². The fourth-order valence-corrected chi connectivity index (χ4v) is 6.97. The third-order valence-corrected chi connectivity index (χ3v) is 9.61. The Balaban J connectivity index is 1.01. The second-order valence-electron chi connectivity index (χ2n) is 13.0. The number of nitrogens with zero attached hydrogens (tertiary/aromatic N) is 7. The van der Waals surface area contributed by atoms with Crippen molar-refractivity contribution in [1.82, 2.24) is 34.4 Å². The third kappa shape index (κ3) is 6.83. The molecule has 4 heterocycles. The van der Waals surface area contributed by atoms with E-state index in [9.17, 15) is 9.90 Å². The number of rotatable bonds is 9. The van der Waals surface area contributed by atoms with Crippen LogP contribution in [0, 0.1) is 5.92 Å². The van der Waals surface area contributed by atoms with Gasteiger partial charge in [0.25, 0.3) is 0 Å². The van der Waals surface area contributed by atoms with Gasteiger partial charge in [-0.2, -0.15) is 4.98 Å². The minimum Gasteiger partial charge on any atom is -0.392 e. The van der Waals surface area contributed by atoms with Gasteiger partial charge in [0, 0.05) is 48.4 Å². The van der Waals surface area contributed by atoms with Gasteiger partial charge < -0.3 is 26.4 Å². The number of aliphatic hydroxyl groups is 1. The molecule has 0 aliphatic carbocycles. The van der Waals surface area contributed by atoms with Gasteiger partial charge in [-0.15, -0.1) is 0 Å². The molecule has 7 aromatic rings. The van der Waals surface area contributed by atoms with E-state index in [-0.39, 0.29) is 18.6 Å². The smallest absolute Gasteiger partial charge is 0.321 e. The van der Waals surface area contributed by atoms with E-state index in [0.29, 0.717) is 42.2 Å². The van der Waals surface area contributed by atoms with Crippen molar-refractivity contribution in [2.24, 2.45) is 5.92 Å². The van der Waals surface area contributed by atoms with E-state index in [0.717, 1.165) is 70.0 Å². The number of nitrogens with one attached hydrogen (secondary N) is 2. The summed E-state index contributed by atoms with van der Waals surface area (Å²) in [5, 5.41) is 18.9. The first kappa shape index (κ1) is 32.8. The lowest BCUT2D eigenvalue weighted by Gasteiger charge is -2.33. The number of anilines is 3. The Morgan fingerprint density at radius 3 is 2.67 bits per heavy atom. The van der Waals surface area contributed by atoms with Crippen molar-refractivity contribution in [3.8, 4) is 28.3 Å². The van der Waals surface area contributed by atoms with Gasteiger partial charge in [0.2, 0.25) is 11.9 Å². The third-order valence-electron chi connectivity index (χ3n) is 9.61. The number of carbonyl (C=O) groups is 1. The number of carbonyl (C=O) groups excluding carboxylic acids is 1. The number of imidazole rings is 1. The van der Waals surface area contributed by atoms with Gasteiger partial charge >= 0.3 is 6.03 Å². The van der Waals surface area contributed by atoms with Crippen LogP contribution in [0.4, 0.5) is 22.4 Å². The molecule has 3 aromatic heterocycles. The highest BCUT2D eigenvalue weighted by Gasteiger charge is 2.24. The van der Waals surface area contributed by atoms with Crippen LogP contribution in [0.3, 0.4) is 0 Å². The van der Waals surface area contributed by atoms with Crippen LogP contribution in [0.15, 0.2) is 110 Å². The van der Waals surface area contributed by atoms with Crippen LogP contribution < -0.4 is 16.4 Å². The zero-order chi connectivity index (χ0) is 35.4. The lowest BCUT2D eigenvalue weighted by molar-refractivity contribution is 0.175. The molecular formula is C40H38N10O2. The molecule has 4 aromatic carbocycles. The van der Waals surface area contributed by atoms with Crippen molar-refractivity contribution in [3.63, 3.8) is 0 Å². The molecule has 0 bridgehead atoms. The summed E-state index contributed by atoms with van der Waals surface area (Å²) in [4.78, 5) is 38.1. The second kappa shape index (κ2) is 14.4. The van der Waals surface area contributed by atoms with Gasteiger partial charge in [0.15, 0.2) is 0 Å². The van der Waals surface area contributed by atoms with E-state index < -0.39 is 0 Å². The number of benzene rings is 4. The van der Waals surface area contributed by atoms with Gasteiger partial charge in [-0.1, -0.05) is 66.7 Å². The Hall–Kier alpha value is -6.40. The summed E-state index contributed by atoms with van der Waals surface area (Å²) in [6.07, 6.45) is 6.22. The van der Waals surface area contributed by atoms with E-state index in [4.69, 9.17) is 15.7 Å². The molecule has 1 saturated heterocycles. The Morgan fingerprint density at radius 2 is 1.77 bits per heavy atom. The number of urea groups is 1. The van der Waals surface area contributed by atoms with Gasteiger partial charge in [0.1, 0.15) is 12.1 Å². The number of aliphatic hydroxyl groups excluding tert-OH is 1. The van der Waals surface area contributed by atoms with E-state index in [1.807, 2.05) is 94.4 Å². The van der Waals surface area contributed by atoms with E-state index in [2.05, 4.69) is 37.7 Å². The highest BCUT2D eigenvalue weighted by atomic mass is 16.3. The van der Waals surface area contributed by atoms with Crippen molar-refractivity contribution >= 4 is 45.4 Å². The first-order valence-electron chi connectivity index (χ1n) is 17.4. The molecule has 1 fully saturated rings. The van der Waals surface area contributed by atoms with Crippen LogP contribution in [0.2, 0.25) is 0 Å². The van der Waals surface area contributed by atoms with Crippen molar-refractivity contribution in [2.75, 3.05) is 36.0 Å². The summed E-state index contributed by atoms with van der Waals surface area (Å²) in [7, 11) is 0. The Morgan fingerprint density at radius 1 is 0.904 bits per heavy atom. The quantitative estimate of drug-likeness (QED) is 0.126. The molecule has 12 heteroatoms. The van der Waals surface area contributed by atoms with Crippen LogP contribution >= 0.6 is 0 Å². The number of nitrogens with two attached hydrogens (primary N) is 1. The highest BCUT2D eigenvalue weighted by molar-refractivity contribution is 6.01. The lowest BCUT2D eigenvalue weighted by Crippen LogP contribution is -2.42. The average Bonchev–Trinajstić information content (AvgIpc) is 3.62. The van der Waals surface area contributed by atoms with Crippen LogP contribution in [0.1, 0.15) is 24.8 Å². The average molecular weight is 691 g/mol. The maximum absolute atomic E-state index is 13.4. The monoisotopic (exact) mass is 690 g/mol. The molecule has 5 N–H and O–H groups in total. The topological polar surface area (TPSA) is 160 Å². The van der Waals surface area contributed by atoms with Crippen molar-refractivity contribution in [2.45, 2.75) is 25.9 Å². The highest BCUT2D eigenvalue weighted by Crippen LogP contribution is 2.29. The summed E-state index contributed by atoms with van der Waals surface area (Å²) in [5.41, 5.74) is 12.1. The fourth-order valence-electron chi connectivity index (χ4n) is 6.97. The number of hydrogen-bond donors (Lipinski definition) is 4. The Labute approximate surface area is 300 Å². The van der Waals surface area contributed by atoms with Gasteiger partial charge in [-0.25, -0.2) is 24.7 Å². The Bertz CT molecular complexity index is 2390. The maximum atomic E-state index is 13.4. The van der Waals surface area contributed by atoms with Crippen molar-refractivity contribution in [1.29, 1.82) is 0 Å². The molecule has 2 amide bonds. The minimum atomic E-state index is -0.116. The molecule has 1 aliphatic rings. The van der Waals surface area contributed by atoms with E-state index >= 15 is 0 Å². The normalized spacial score (nSPS) is 14.5. The molecule has 12 nitrogen and oxygen atoms in total. The number of hydrogen-bond acceptors (Lipinski definition) is 9. The minimum absolute atomic E-state index is 0.0712. The van der Waals surface area contributed by atoms with Crippen molar-refractivity contribution < 1.29 is 9.90 Å². The largest absolute Gasteiger partial charge is 0.392 e. The number of aromatic nitrogens is 6. The predicted molar refractivity (Wildman–Crippen MR) is 204 cm³/mol. The van der Waals surface area contributed by atoms with Crippen LogP contribution in [0.5, 0.6) is 0 Å². The number of fused-ring (bicyclic) bond motifs is 2. The first-order chi connectivity index (χ1) is 25.5. The lowest BCUT2D eigenvalue weighted by atomic mass is 9.95. The van der Waals surface area contributed by atoms with Crippen LogP contribution in [-0.2, 0) is 6.61 Å². The van der Waals surface area contributed by atoms with Gasteiger partial charge in [-0.05, 0) is 60.4 Å². The number of nitrogen functional groups attached to an aromatic ring is 1. The summed E-state index contributed by atoms with van der Waals surface area (Å²) in [6, 6.07) is 31.3. The molecule has 8 rings (SSSR count). The molecule has 1 unspecified atom stereocenters. The summed E-state index contributed by atoms with van der Waals surface area (Å²) in [6.45, 7) is 1.92. The van der Waals surface area contributed by atoms with Crippen LogP contribution in [0.25, 0.3) is 50.1 Å². The molecule has 1 aliphatic heterocycles. The molecule has 0 saturated carbocycles. The molecule has 52 heavy (non-hydrogen) atoms. The second-order valence-corrected chi connectivity index (χ2v) is 13.0. The van der Waals surface area contributed by atoms with Gasteiger partial charge in [-0.3, -0.25) is 4.57 Å². The van der Waals surface area contributed by atoms with E-state index in [1.54, 1.807) is 12.5 Å². The molecular weight excluding hydrogens is 653 g/mol. The molecule has 0 radical (unpaired) electrons. The maximum Gasteiger partial charge on any atom is 0.321 e. The predicted octanol–water partition coefficient (Wildman–Crippen LogP) is 6.91. The Kier molecular flexibility index (Phi) is 9.11. The zero-order valence-electron chi connectivity index (χ0n) is 28.5. The summed E-state index contributed by atoms with van der Waals surface area (Å²) < 4.78 is 1.93. The summed E-state index contributed by atoms with van der Waals surface area (Å²) >= 11 is 0. The number of amides is 2. The standard InChI is InChI=1S/C40H38N10O2/c41-38-42-19-17-32(45-38)28-14-15-36-35(21-28)44-25-50(36)37-22-34(31-12-4-2-9-29(31)24-51)46-39(48-37)43-18-16-26-7-6-20-49(23-26)40(52)47-33-13-5-10-27-8-1-3-11-30(27)33/h1-5,8-15,17,19,21-22,25-26,51H,6-7,16,18,20,23-24H2,(H,47,52)(H2,41,42,45)(H,43,46,48).